The number of aromatic nitrogens is 2. The lowest BCUT2D eigenvalue weighted by atomic mass is 10.1. The molecule has 21 heavy (non-hydrogen) atoms. The molecule has 2 aromatic rings. The molecular weight excluding hydrogens is 270 g/mol. The monoisotopic (exact) mass is 287 g/mol. The number of nitrogens with one attached hydrogen (secondary N) is 1. The third-order valence-corrected chi connectivity index (χ3v) is 3.81. The first-order valence-electron chi connectivity index (χ1n) is 6.96. The van der Waals surface area contributed by atoms with Gasteiger partial charge in [-0.3, -0.25) is 15.1 Å². The molecular formula is C14H17N5O2. The lowest BCUT2D eigenvalue weighted by Gasteiger charge is -2.21. The zero-order valence-corrected chi connectivity index (χ0v) is 11.8. The van der Waals surface area contributed by atoms with Crippen LogP contribution in [0.5, 0.6) is 0 Å². The Bertz CT molecular complexity index is 669. The van der Waals surface area contributed by atoms with Crippen molar-refractivity contribution >= 4 is 22.5 Å². The van der Waals surface area contributed by atoms with Gasteiger partial charge in [-0.05, 0) is 31.5 Å². The maximum absolute atomic E-state index is 10.8. The molecule has 0 spiro atoms. The second-order valence-electron chi connectivity index (χ2n) is 5.40. The van der Waals surface area contributed by atoms with E-state index in [2.05, 4.69) is 20.2 Å². The van der Waals surface area contributed by atoms with Gasteiger partial charge in [-0.1, -0.05) is 0 Å². The van der Waals surface area contributed by atoms with E-state index in [1.807, 2.05) is 7.05 Å². The molecule has 1 aromatic carbocycles. The summed E-state index contributed by atoms with van der Waals surface area (Å²) < 4.78 is 0. The van der Waals surface area contributed by atoms with Gasteiger partial charge in [-0.25, -0.2) is 4.98 Å². The van der Waals surface area contributed by atoms with E-state index in [9.17, 15) is 10.1 Å². The summed E-state index contributed by atoms with van der Waals surface area (Å²) in [5.74, 6) is 1.42. The summed E-state index contributed by atoms with van der Waals surface area (Å²) in [6.45, 7) is 3.04. The molecule has 7 nitrogen and oxygen atoms in total. The lowest BCUT2D eigenvalue weighted by Crippen LogP contribution is -2.27. The van der Waals surface area contributed by atoms with Crippen LogP contribution in [0.3, 0.4) is 0 Å². The highest BCUT2D eigenvalue weighted by Gasteiger charge is 2.17. The van der Waals surface area contributed by atoms with Crippen LogP contribution >= 0.6 is 0 Å². The van der Waals surface area contributed by atoms with Crippen LogP contribution in [0.25, 0.3) is 11.0 Å². The predicted molar refractivity (Wildman–Crippen MR) is 80.4 cm³/mol. The Kier molecular flexibility index (Phi) is 3.66. The second-order valence-corrected chi connectivity index (χ2v) is 5.40. The molecule has 1 N–H and O–H groups in total. The topological polar surface area (TPSA) is 84.2 Å². The second kappa shape index (κ2) is 5.61. The lowest BCUT2D eigenvalue weighted by molar-refractivity contribution is -0.384. The number of hydrogen-bond acceptors (Lipinski definition) is 6. The summed E-state index contributed by atoms with van der Waals surface area (Å²) in [6.07, 6.45) is 2.85. The largest absolute Gasteiger partial charge is 0.358 e. The van der Waals surface area contributed by atoms with Gasteiger partial charge in [0.25, 0.3) is 5.69 Å². The third kappa shape index (κ3) is 2.92. The summed E-state index contributed by atoms with van der Waals surface area (Å²) >= 11 is 0. The average Bonchev–Trinajstić information content (AvgIpc) is 2.99. The van der Waals surface area contributed by atoms with Crippen LogP contribution in [0.4, 0.5) is 11.5 Å². The Morgan fingerprint density at radius 3 is 3.05 bits per heavy atom. The van der Waals surface area contributed by atoms with Gasteiger partial charge in [0.2, 0.25) is 0 Å². The number of non-ortho nitro benzene ring substituents is 1. The minimum absolute atomic E-state index is 0.0370. The van der Waals surface area contributed by atoms with Crippen molar-refractivity contribution in [1.82, 2.24) is 15.3 Å². The fraction of sp³-hybridized carbons (Fsp3) is 0.429. The summed E-state index contributed by atoms with van der Waals surface area (Å²) in [6, 6.07) is 4.56. The van der Waals surface area contributed by atoms with Crippen molar-refractivity contribution in [3.05, 3.63) is 34.5 Å². The van der Waals surface area contributed by atoms with Gasteiger partial charge >= 0.3 is 0 Å². The van der Waals surface area contributed by atoms with E-state index in [0.717, 1.165) is 25.5 Å². The van der Waals surface area contributed by atoms with Gasteiger partial charge in [0.15, 0.2) is 0 Å². The Morgan fingerprint density at radius 2 is 2.33 bits per heavy atom. The predicted octanol–water partition coefficient (Wildman–Crippen LogP) is 1.58. The minimum Gasteiger partial charge on any atom is -0.358 e. The standard InChI is InChI=1S/C14H17N5O2/c1-18(9-10-4-5-15-7-10)14-8-16-13-6-11(19(20)21)2-3-12(13)17-14/h2-3,6,8,10,15H,4-5,7,9H2,1H3/t10-/m1/s1. The van der Waals surface area contributed by atoms with Crippen molar-refractivity contribution in [3.63, 3.8) is 0 Å². The molecule has 0 aliphatic carbocycles. The molecule has 1 aliphatic rings. The number of fused-ring (bicyclic) bond motifs is 1. The molecule has 2 heterocycles. The van der Waals surface area contributed by atoms with Gasteiger partial charge in [0.1, 0.15) is 5.82 Å². The van der Waals surface area contributed by atoms with E-state index in [4.69, 9.17) is 0 Å². The molecule has 1 aromatic heterocycles. The molecule has 3 rings (SSSR count). The first kappa shape index (κ1) is 13.7. The Hall–Kier alpha value is -2.28. The van der Waals surface area contributed by atoms with Gasteiger partial charge in [-0.15, -0.1) is 0 Å². The van der Waals surface area contributed by atoms with Gasteiger partial charge in [0, 0.05) is 25.7 Å². The summed E-state index contributed by atoms with van der Waals surface area (Å²) in [5.41, 5.74) is 1.26. The average molecular weight is 287 g/mol. The van der Waals surface area contributed by atoms with Crippen molar-refractivity contribution in [3.8, 4) is 0 Å². The van der Waals surface area contributed by atoms with Crippen LogP contribution in [0.2, 0.25) is 0 Å². The smallest absolute Gasteiger partial charge is 0.271 e. The molecule has 1 aliphatic heterocycles. The van der Waals surface area contributed by atoms with Crippen molar-refractivity contribution in [2.24, 2.45) is 5.92 Å². The SMILES string of the molecule is CN(C[C@@H]1CCNC1)c1cnc2cc([N+](=O)[O-])ccc2n1. The fourth-order valence-electron chi connectivity index (χ4n) is 2.64. The highest BCUT2D eigenvalue weighted by atomic mass is 16.6. The zero-order valence-electron chi connectivity index (χ0n) is 11.8. The fourth-order valence-corrected chi connectivity index (χ4v) is 2.64. The number of rotatable bonds is 4. The van der Waals surface area contributed by atoms with E-state index in [1.165, 1.54) is 18.6 Å². The van der Waals surface area contributed by atoms with E-state index in [-0.39, 0.29) is 5.69 Å². The summed E-state index contributed by atoms with van der Waals surface area (Å²) in [4.78, 5) is 21.3. The maximum atomic E-state index is 10.8. The van der Waals surface area contributed by atoms with Crippen LogP contribution < -0.4 is 10.2 Å². The first-order chi connectivity index (χ1) is 10.1. The van der Waals surface area contributed by atoms with Crippen LogP contribution in [0.1, 0.15) is 6.42 Å². The number of nitrogens with zero attached hydrogens (tertiary/aromatic N) is 4. The van der Waals surface area contributed by atoms with Crippen molar-refractivity contribution < 1.29 is 4.92 Å². The van der Waals surface area contributed by atoms with Gasteiger partial charge in [0.05, 0.1) is 22.2 Å². The van der Waals surface area contributed by atoms with Crippen molar-refractivity contribution in [2.45, 2.75) is 6.42 Å². The number of anilines is 1. The zero-order chi connectivity index (χ0) is 14.8. The van der Waals surface area contributed by atoms with Crippen LogP contribution in [0, 0.1) is 16.0 Å². The molecule has 0 amide bonds. The van der Waals surface area contributed by atoms with Gasteiger partial charge in [-0.2, -0.15) is 0 Å². The molecule has 1 saturated heterocycles. The molecule has 0 unspecified atom stereocenters. The number of nitro benzene ring substituents is 1. The van der Waals surface area contributed by atoms with Crippen LogP contribution in [-0.2, 0) is 0 Å². The molecule has 1 fully saturated rings. The van der Waals surface area contributed by atoms with E-state index < -0.39 is 4.92 Å². The summed E-state index contributed by atoms with van der Waals surface area (Å²) in [7, 11) is 2.00. The van der Waals surface area contributed by atoms with Crippen LogP contribution in [0.15, 0.2) is 24.4 Å². The molecule has 0 bridgehead atoms. The maximum Gasteiger partial charge on any atom is 0.271 e. The Morgan fingerprint density at radius 1 is 1.48 bits per heavy atom. The Balaban J connectivity index is 1.83. The van der Waals surface area contributed by atoms with Crippen LogP contribution in [-0.4, -0.2) is 41.6 Å². The number of nitro groups is 1. The molecule has 1 atom stereocenters. The molecule has 0 radical (unpaired) electrons. The van der Waals surface area contributed by atoms with E-state index >= 15 is 0 Å². The van der Waals surface area contributed by atoms with Gasteiger partial charge < -0.3 is 10.2 Å². The highest BCUT2D eigenvalue weighted by molar-refractivity contribution is 5.78. The summed E-state index contributed by atoms with van der Waals surface area (Å²) in [5, 5.41) is 14.1. The first-order valence-corrected chi connectivity index (χ1v) is 6.96. The third-order valence-electron chi connectivity index (χ3n) is 3.81. The Labute approximate surface area is 122 Å². The highest BCUT2D eigenvalue weighted by Crippen LogP contribution is 2.21. The normalized spacial score (nSPS) is 18.0. The molecule has 110 valence electrons. The minimum atomic E-state index is -0.422. The van der Waals surface area contributed by atoms with Crippen molar-refractivity contribution in [1.29, 1.82) is 0 Å². The van der Waals surface area contributed by atoms with E-state index in [1.54, 1.807) is 12.3 Å². The molecule has 0 saturated carbocycles. The number of benzene rings is 1. The number of hydrogen-bond donors (Lipinski definition) is 1. The quantitative estimate of drug-likeness (QED) is 0.679. The van der Waals surface area contributed by atoms with Crippen molar-refractivity contribution in [2.75, 3.05) is 31.6 Å². The van der Waals surface area contributed by atoms with E-state index in [0.29, 0.717) is 17.0 Å². The molecule has 7 heteroatoms.